The number of carbonyl (C=O) groups is 1. The number of hydrogen-bond donors (Lipinski definition) is 3. The first-order valence-electron chi connectivity index (χ1n) is 11.2. The summed E-state index contributed by atoms with van der Waals surface area (Å²) in [5, 5.41) is 11.0. The maximum absolute atomic E-state index is 12.0. The monoisotopic (exact) mass is 449 g/mol. The number of pyridine rings is 2. The van der Waals surface area contributed by atoms with E-state index in [-0.39, 0.29) is 6.03 Å². The highest BCUT2D eigenvalue weighted by atomic mass is 16.5. The Hall–Kier alpha value is -3.43. The Kier molecular flexibility index (Phi) is 7.21. The molecule has 3 heterocycles. The third-order valence-corrected chi connectivity index (χ3v) is 5.76. The molecule has 9 heteroatoms. The number of carbonyl (C=O) groups excluding carboxylic acids is 1. The van der Waals surface area contributed by atoms with Crippen LogP contribution < -0.4 is 20.7 Å². The second kappa shape index (κ2) is 10.5. The van der Waals surface area contributed by atoms with Crippen molar-refractivity contribution in [3.8, 4) is 5.88 Å². The molecule has 2 amide bonds. The number of fused-ring (bicyclic) bond motifs is 1. The van der Waals surface area contributed by atoms with E-state index in [1.807, 2.05) is 31.2 Å². The fourth-order valence-corrected chi connectivity index (χ4v) is 3.92. The molecule has 0 saturated carbocycles. The van der Waals surface area contributed by atoms with Gasteiger partial charge in [0.05, 0.1) is 7.11 Å². The minimum absolute atomic E-state index is 0.264. The SMILES string of the molecule is CCNC(=O)Nc1cc2c(CN3CCN(C)CC3)ccc(Nc3cccc(OC)n3)c2cn1. The molecule has 3 aromatic rings. The molecule has 0 atom stereocenters. The van der Waals surface area contributed by atoms with E-state index in [0.29, 0.717) is 24.1 Å². The molecule has 9 nitrogen and oxygen atoms in total. The van der Waals surface area contributed by atoms with Crippen LogP contribution in [0.25, 0.3) is 10.8 Å². The summed E-state index contributed by atoms with van der Waals surface area (Å²) in [4.78, 5) is 25.8. The van der Waals surface area contributed by atoms with Crippen LogP contribution in [0, 0.1) is 0 Å². The molecule has 0 bridgehead atoms. The number of nitrogens with one attached hydrogen (secondary N) is 3. The van der Waals surface area contributed by atoms with Gasteiger partial charge in [0.25, 0.3) is 0 Å². The van der Waals surface area contributed by atoms with Crippen molar-refractivity contribution in [2.45, 2.75) is 13.5 Å². The van der Waals surface area contributed by atoms with Crippen LogP contribution in [0.4, 0.5) is 22.1 Å². The number of ether oxygens (including phenoxy) is 1. The molecule has 3 N–H and O–H groups in total. The summed E-state index contributed by atoms with van der Waals surface area (Å²) in [6.45, 7) is 7.45. The first-order valence-corrected chi connectivity index (χ1v) is 11.2. The number of rotatable bonds is 7. The average Bonchev–Trinajstić information content (AvgIpc) is 2.82. The number of nitrogens with zero attached hydrogens (tertiary/aromatic N) is 4. The Morgan fingerprint density at radius 1 is 1.09 bits per heavy atom. The number of hydrogen-bond acceptors (Lipinski definition) is 7. The van der Waals surface area contributed by atoms with Gasteiger partial charge in [-0.3, -0.25) is 10.2 Å². The van der Waals surface area contributed by atoms with Crippen molar-refractivity contribution in [3.05, 3.63) is 48.2 Å². The van der Waals surface area contributed by atoms with E-state index in [2.05, 4.69) is 54.9 Å². The van der Waals surface area contributed by atoms with Crippen molar-refractivity contribution < 1.29 is 9.53 Å². The first-order chi connectivity index (χ1) is 16.1. The molecular weight excluding hydrogens is 418 g/mol. The number of urea groups is 1. The quantitative estimate of drug-likeness (QED) is 0.510. The van der Waals surface area contributed by atoms with Gasteiger partial charge in [0.1, 0.15) is 11.6 Å². The molecule has 4 rings (SSSR count). The number of aromatic nitrogens is 2. The fourth-order valence-electron chi connectivity index (χ4n) is 3.92. The molecule has 1 saturated heterocycles. The van der Waals surface area contributed by atoms with E-state index in [1.165, 1.54) is 5.56 Å². The lowest BCUT2D eigenvalue weighted by Crippen LogP contribution is -2.43. The summed E-state index contributed by atoms with van der Waals surface area (Å²) in [5.74, 6) is 1.75. The Balaban J connectivity index is 1.68. The molecule has 0 unspecified atom stereocenters. The molecule has 0 aliphatic carbocycles. The molecule has 1 aliphatic rings. The van der Waals surface area contributed by atoms with Crippen molar-refractivity contribution in [3.63, 3.8) is 0 Å². The predicted molar refractivity (Wildman–Crippen MR) is 131 cm³/mol. The van der Waals surface area contributed by atoms with Gasteiger partial charge in [-0.2, -0.15) is 4.98 Å². The summed E-state index contributed by atoms with van der Waals surface area (Å²) in [5.41, 5.74) is 2.09. The summed E-state index contributed by atoms with van der Waals surface area (Å²) in [7, 11) is 3.76. The lowest BCUT2D eigenvalue weighted by atomic mass is 10.0. The number of anilines is 3. The van der Waals surface area contributed by atoms with Crippen molar-refractivity contribution in [2.75, 3.05) is 57.5 Å². The van der Waals surface area contributed by atoms with Crippen LogP contribution >= 0.6 is 0 Å². The van der Waals surface area contributed by atoms with Crippen molar-refractivity contribution >= 4 is 34.1 Å². The van der Waals surface area contributed by atoms with Gasteiger partial charge in [0, 0.05) is 62.6 Å². The minimum atomic E-state index is -0.264. The number of likely N-dealkylation sites (N-methyl/N-ethyl adjacent to an activating group) is 1. The molecule has 33 heavy (non-hydrogen) atoms. The third kappa shape index (κ3) is 5.68. The van der Waals surface area contributed by atoms with E-state index in [1.54, 1.807) is 13.3 Å². The van der Waals surface area contributed by atoms with Crippen LogP contribution in [0.15, 0.2) is 42.6 Å². The molecule has 1 fully saturated rings. The molecule has 0 radical (unpaired) electrons. The van der Waals surface area contributed by atoms with Crippen LogP contribution in [-0.2, 0) is 6.54 Å². The van der Waals surface area contributed by atoms with E-state index < -0.39 is 0 Å². The highest BCUT2D eigenvalue weighted by Crippen LogP contribution is 2.31. The maximum Gasteiger partial charge on any atom is 0.320 e. The van der Waals surface area contributed by atoms with Gasteiger partial charge in [-0.1, -0.05) is 12.1 Å². The van der Waals surface area contributed by atoms with Crippen LogP contribution in [0.3, 0.4) is 0 Å². The van der Waals surface area contributed by atoms with Gasteiger partial charge in [0.15, 0.2) is 0 Å². The Bertz CT molecular complexity index is 1110. The van der Waals surface area contributed by atoms with Gasteiger partial charge in [-0.05, 0) is 43.1 Å². The molecule has 0 spiro atoms. The number of amides is 2. The molecule has 2 aromatic heterocycles. The average molecular weight is 450 g/mol. The van der Waals surface area contributed by atoms with Crippen LogP contribution in [0.5, 0.6) is 5.88 Å². The van der Waals surface area contributed by atoms with Gasteiger partial charge in [-0.25, -0.2) is 9.78 Å². The summed E-state index contributed by atoms with van der Waals surface area (Å²) >= 11 is 0. The minimum Gasteiger partial charge on any atom is -0.481 e. The number of benzene rings is 1. The Morgan fingerprint density at radius 2 is 1.91 bits per heavy atom. The van der Waals surface area contributed by atoms with Gasteiger partial charge < -0.3 is 20.3 Å². The second-order valence-corrected chi connectivity index (χ2v) is 8.14. The summed E-state index contributed by atoms with van der Waals surface area (Å²) in [6.07, 6.45) is 1.80. The zero-order chi connectivity index (χ0) is 23.2. The highest BCUT2D eigenvalue weighted by Gasteiger charge is 2.17. The topological polar surface area (TPSA) is 94.7 Å². The van der Waals surface area contributed by atoms with E-state index in [0.717, 1.165) is 49.2 Å². The van der Waals surface area contributed by atoms with Crippen molar-refractivity contribution in [2.24, 2.45) is 0 Å². The smallest absolute Gasteiger partial charge is 0.320 e. The van der Waals surface area contributed by atoms with Gasteiger partial charge in [0.2, 0.25) is 5.88 Å². The lowest BCUT2D eigenvalue weighted by Gasteiger charge is -2.32. The molecule has 1 aliphatic heterocycles. The van der Waals surface area contributed by atoms with E-state index in [4.69, 9.17) is 4.74 Å². The Morgan fingerprint density at radius 3 is 2.67 bits per heavy atom. The first kappa shape index (κ1) is 22.8. The largest absolute Gasteiger partial charge is 0.481 e. The zero-order valence-corrected chi connectivity index (χ0v) is 19.4. The standard InChI is InChI=1S/C24H31N7O2/c1-4-25-24(32)29-22-14-18-17(16-31-12-10-30(2)11-13-31)8-9-20(19(18)15-26-22)27-21-6-5-7-23(28-21)33-3/h5-9,14-15H,4,10-13,16H2,1-3H3,(H,27,28)(H2,25,26,29,32). The Labute approximate surface area is 194 Å². The van der Waals surface area contributed by atoms with Crippen molar-refractivity contribution in [1.82, 2.24) is 25.1 Å². The molecule has 1 aromatic carbocycles. The van der Waals surface area contributed by atoms with Crippen LogP contribution in [-0.4, -0.2) is 72.7 Å². The molecular formula is C24H31N7O2. The fraction of sp³-hybridized carbons (Fsp3) is 0.375. The highest BCUT2D eigenvalue weighted by molar-refractivity contribution is 5.99. The number of piperazine rings is 1. The number of methoxy groups -OCH3 is 1. The van der Waals surface area contributed by atoms with E-state index in [9.17, 15) is 4.79 Å². The predicted octanol–water partition coefficient (Wildman–Crippen LogP) is 3.27. The van der Waals surface area contributed by atoms with Crippen LogP contribution in [0.2, 0.25) is 0 Å². The third-order valence-electron chi connectivity index (χ3n) is 5.76. The van der Waals surface area contributed by atoms with Gasteiger partial charge >= 0.3 is 6.03 Å². The van der Waals surface area contributed by atoms with Crippen LogP contribution in [0.1, 0.15) is 12.5 Å². The maximum atomic E-state index is 12.0. The van der Waals surface area contributed by atoms with Crippen molar-refractivity contribution in [1.29, 1.82) is 0 Å². The second-order valence-electron chi connectivity index (χ2n) is 8.14. The normalized spacial score (nSPS) is 14.8. The van der Waals surface area contributed by atoms with E-state index >= 15 is 0 Å². The lowest BCUT2D eigenvalue weighted by molar-refractivity contribution is 0.148. The zero-order valence-electron chi connectivity index (χ0n) is 19.4. The van der Waals surface area contributed by atoms with Gasteiger partial charge in [-0.15, -0.1) is 0 Å². The molecule has 174 valence electrons. The summed E-state index contributed by atoms with van der Waals surface area (Å²) in [6, 6.07) is 11.5. The summed E-state index contributed by atoms with van der Waals surface area (Å²) < 4.78 is 5.25.